The summed E-state index contributed by atoms with van der Waals surface area (Å²) in [7, 11) is 0. The van der Waals surface area contributed by atoms with Gasteiger partial charge in [0, 0.05) is 23.3 Å². The molecule has 0 fully saturated rings. The molecule has 0 saturated carbocycles. The molecule has 1 unspecified atom stereocenters. The van der Waals surface area contributed by atoms with Crippen molar-refractivity contribution in [1.29, 1.82) is 0 Å². The third kappa shape index (κ3) is 7.35. The molecule has 3 aromatic carbocycles. The molecule has 7 heteroatoms. The molecule has 0 aliphatic rings. The second-order valence-electron chi connectivity index (χ2n) is 11.9. The molecule has 0 amide bonds. The molecule has 0 bridgehead atoms. The monoisotopic (exact) mass is 595 g/mol. The smallest absolute Gasteiger partial charge is 0.348 e. The molecule has 1 atom stereocenters. The maximum Gasteiger partial charge on any atom is 0.348 e. The second-order valence-corrected chi connectivity index (χ2v) is 12.9. The van der Waals surface area contributed by atoms with Crippen LogP contribution in [0.2, 0.25) is 0 Å². The van der Waals surface area contributed by atoms with Gasteiger partial charge in [-0.15, -0.1) is 11.3 Å². The normalized spacial score (nSPS) is 13.0. The fourth-order valence-corrected chi connectivity index (χ4v) is 5.53. The number of carboxylic acid groups (broad SMARTS) is 1. The van der Waals surface area contributed by atoms with Gasteiger partial charge < -0.3 is 19.0 Å². The number of rotatable bonds is 11. The SMILES string of the molecule is Cc1oc(-c2ccc(-c3cccs3)cc2)nc1CCOc1ccc(CC(C)(Oc2ccc(C(C)(C)C)cc2)C(=O)O)cc1. The van der Waals surface area contributed by atoms with Crippen LogP contribution in [-0.4, -0.2) is 28.3 Å². The number of nitrogens with zero attached hydrogens (tertiary/aromatic N) is 1. The van der Waals surface area contributed by atoms with Crippen LogP contribution in [0.1, 0.15) is 50.3 Å². The summed E-state index contributed by atoms with van der Waals surface area (Å²) in [5, 5.41) is 12.1. The molecule has 222 valence electrons. The summed E-state index contributed by atoms with van der Waals surface area (Å²) in [5.41, 5.74) is 3.55. The Balaban J connectivity index is 1.16. The minimum atomic E-state index is -1.42. The Kier molecular flexibility index (Phi) is 8.74. The molecule has 5 rings (SSSR count). The number of hydrogen-bond acceptors (Lipinski definition) is 6. The summed E-state index contributed by atoms with van der Waals surface area (Å²) in [5.74, 6) is 1.58. The summed E-state index contributed by atoms with van der Waals surface area (Å²) in [6.07, 6.45) is 0.808. The Morgan fingerprint density at radius 2 is 1.53 bits per heavy atom. The molecule has 0 saturated heterocycles. The first-order valence-corrected chi connectivity index (χ1v) is 15.2. The Morgan fingerprint density at radius 3 is 2.14 bits per heavy atom. The minimum absolute atomic E-state index is 0.00651. The second kappa shape index (κ2) is 12.5. The molecule has 2 heterocycles. The number of oxazole rings is 1. The largest absolute Gasteiger partial charge is 0.493 e. The van der Waals surface area contributed by atoms with E-state index in [2.05, 4.69) is 44.4 Å². The fraction of sp³-hybridized carbons (Fsp3) is 0.278. The van der Waals surface area contributed by atoms with Crippen molar-refractivity contribution in [3.63, 3.8) is 0 Å². The highest BCUT2D eigenvalue weighted by Crippen LogP contribution is 2.30. The molecule has 0 aliphatic carbocycles. The molecular weight excluding hydrogens is 558 g/mol. The van der Waals surface area contributed by atoms with Crippen LogP contribution in [0.4, 0.5) is 0 Å². The van der Waals surface area contributed by atoms with E-state index >= 15 is 0 Å². The van der Waals surface area contributed by atoms with E-state index in [9.17, 15) is 9.90 Å². The van der Waals surface area contributed by atoms with Crippen LogP contribution in [0.3, 0.4) is 0 Å². The number of carbonyl (C=O) groups is 1. The van der Waals surface area contributed by atoms with Crippen molar-refractivity contribution in [3.05, 3.63) is 113 Å². The van der Waals surface area contributed by atoms with E-state index in [-0.39, 0.29) is 11.8 Å². The molecule has 0 spiro atoms. The molecule has 0 aliphatic heterocycles. The lowest BCUT2D eigenvalue weighted by atomic mass is 9.87. The zero-order valence-electron chi connectivity index (χ0n) is 25.2. The van der Waals surface area contributed by atoms with Gasteiger partial charge in [0.05, 0.1) is 12.3 Å². The Bertz CT molecular complexity index is 1650. The lowest BCUT2D eigenvalue weighted by Crippen LogP contribution is -2.43. The molecule has 6 nitrogen and oxygen atoms in total. The molecule has 1 N–H and O–H groups in total. The Morgan fingerprint density at radius 1 is 0.884 bits per heavy atom. The standard InChI is InChI=1S/C36H37NO5S/c1-24-31(37-33(41-24)27-12-10-26(11-13-27)32-7-6-22-43-32)20-21-40-29-16-8-25(9-17-29)23-36(5,34(38)39)42-30-18-14-28(15-19-30)35(2,3)4/h6-19,22H,20-21,23H2,1-5H3,(H,38,39). The van der Waals surface area contributed by atoms with Crippen molar-refractivity contribution in [2.24, 2.45) is 0 Å². The van der Waals surface area contributed by atoms with E-state index < -0.39 is 11.6 Å². The van der Waals surface area contributed by atoms with E-state index in [1.165, 1.54) is 10.4 Å². The predicted molar refractivity (Wildman–Crippen MR) is 171 cm³/mol. The third-order valence-corrected chi connectivity index (χ3v) is 8.34. The van der Waals surface area contributed by atoms with Gasteiger partial charge in [-0.25, -0.2) is 9.78 Å². The van der Waals surface area contributed by atoms with E-state index in [0.717, 1.165) is 28.1 Å². The average molecular weight is 596 g/mol. The number of aliphatic carboxylic acids is 1. The highest BCUT2D eigenvalue weighted by molar-refractivity contribution is 7.13. The Hall–Kier alpha value is -4.36. The quantitative estimate of drug-likeness (QED) is 0.164. The number of benzene rings is 3. The van der Waals surface area contributed by atoms with Gasteiger partial charge in [0.25, 0.3) is 0 Å². The van der Waals surface area contributed by atoms with Crippen LogP contribution < -0.4 is 9.47 Å². The van der Waals surface area contributed by atoms with E-state index in [0.29, 0.717) is 30.4 Å². The van der Waals surface area contributed by atoms with Crippen molar-refractivity contribution >= 4 is 17.3 Å². The summed E-state index contributed by atoms with van der Waals surface area (Å²) in [6, 6.07) is 27.5. The van der Waals surface area contributed by atoms with Crippen molar-refractivity contribution < 1.29 is 23.8 Å². The number of thiophene rings is 1. The maximum absolute atomic E-state index is 12.2. The van der Waals surface area contributed by atoms with Crippen LogP contribution in [-0.2, 0) is 23.1 Å². The lowest BCUT2D eigenvalue weighted by Gasteiger charge is -2.27. The number of ether oxygens (including phenoxy) is 2. The molecule has 2 aromatic heterocycles. The summed E-state index contributed by atoms with van der Waals surface area (Å²) >= 11 is 1.71. The molecule has 43 heavy (non-hydrogen) atoms. The fourth-order valence-electron chi connectivity index (χ4n) is 4.80. The van der Waals surface area contributed by atoms with Crippen LogP contribution in [0.5, 0.6) is 11.5 Å². The van der Waals surface area contributed by atoms with Gasteiger partial charge >= 0.3 is 5.97 Å². The van der Waals surface area contributed by atoms with Gasteiger partial charge in [0.2, 0.25) is 11.5 Å². The van der Waals surface area contributed by atoms with Crippen LogP contribution >= 0.6 is 11.3 Å². The topological polar surface area (TPSA) is 81.8 Å². The van der Waals surface area contributed by atoms with Gasteiger partial charge in [-0.3, -0.25) is 0 Å². The van der Waals surface area contributed by atoms with Gasteiger partial charge in [-0.1, -0.05) is 63.2 Å². The maximum atomic E-state index is 12.2. The average Bonchev–Trinajstić information content (AvgIpc) is 3.64. The van der Waals surface area contributed by atoms with Gasteiger partial charge in [0.1, 0.15) is 17.3 Å². The first-order chi connectivity index (χ1) is 20.5. The number of hydrogen-bond donors (Lipinski definition) is 1. The van der Waals surface area contributed by atoms with E-state index in [1.54, 1.807) is 18.3 Å². The highest BCUT2D eigenvalue weighted by Gasteiger charge is 2.36. The van der Waals surface area contributed by atoms with E-state index in [1.807, 2.05) is 73.7 Å². The number of carboxylic acids is 1. The number of aryl methyl sites for hydroxylation is 1. The first kappa shape index (κ1) is 30.1. The van der Waals surface area contributed by atoms with Crippen molar-refractivity contribution in [2.75, 3.05) is 6.61 Å². The molecule has 0 radical (unpaired) electrons. The zero-order chi connectivity index (χ0) is 30.6. The number of aromatic nitrogens is 1. The van der Waals surface area contributed by atoms with Gasteiger partial charge in [0.15, 0.2) is 0 Å². The van der Waals surface area contributed by atoms with Crippen molar-refractivity contribution in [1.82, 2.24) is 4.98 Å². The zero-order valence-corrected chi connectivity index (χ0v) is 26.0. The highest BCUT2D eigenvalue weighted by atomic mass is 32.1. The van der Waals surface area contributed by atoms with Crippen LogP contribution in [0.15, 0.2) is 94.7 Å². The van der Waals surface area contributed by atoms with E-state index in [4.69, 9.17) is 18.9 Å². The van der Waals surface area contributed by atoms with Crippen molar-refractivity contribution in [2.45, 2.75) is 58.5 Å². The third-order valence-electron chi connectivity index (χ3n) is 7.42. The summed E-state index contributed by atoms with van der Waals surface area (Å²) in [6.45, 7) is 10.4. The van der Waals surface area contributed by atoms with Crippen LogP contribution in [0.25, 0.3) is 21.9 Å². The molecular formula is C36H37NO5S. The molecule has 5 aromatic rings. The first-order valence-electron chi connectivity index (χ1n) is 14.4. The van der Waals surface area contributed by atoms with Crippen molar-refractivity contribution in [3.8, 4) is 33.4 Å². The predicted octanol–water partition coefficient (Wildman–Crippen LogP) is 8.76. The minimum Gasteiger partial charge on any atom is -0.493 e. The van der Waals surface area contributed by atoms with Gasteiger partial charge in [-0.2, -0.15) is 0 Å². The summed E-state index contributed by atoms with van der Waals surface area (Å²) in [4.78, 5) is 18.2. The lowest BCUT2D eigenvalue weighted by molar-refractivity contribution is -0.153. The van der Waals surface area contributed by atoms with Gasteiger partial charge in [-0.05, 0) is 83.8 Å². The van der Waals surface area contributed by atoms with Crippen LogP contribution in [0, 0.1) is 6.92 Å². The summed E-state index contributed by atoms with van der Waals surface area (Å²) < 4.78 is 17.9. The Labute approximate surface area is 257 Å².